The van der Waals surface area contributed by atoms with Crippen molar-refractivity contribution in [2.24, 2.45) is 0 Å². The fraction of sp³-hybridized carbons (Fsp3) is 0.240. The normalized spacial score (nSPS) is 13.1. The maximum Gasteiger partial charge on any atom is 0.407 e. The van der Waals surface area contributed by atoms with Gasteiger partial charge in [0.2, 0.25) is 5.69 Å². The molecule has 0 aliphatic heterocycles. The molecular weight excluding hydrogens is 1460 g/mol. The topological polar surface area (TPSA) is 275 Å². The molecule has 0 aromatic heterocycles. The molecule has 108 heavy (non-hydrogen) atoms. The lowest BCUT2D eigenvalue weighted by Crippen LogP contribution is -2.45. The van der Waals surface area contributed by atoms with Crippen LogP contribution in [0.1, 0.15) is 66.6 Å². The molecule has 4 atom stereocenters. The Balaban J connectivity index is 0.000000258. The first-order chi connectivity index (χ1) is 50.2. The number of benzene rings is 8. The van der Waals surface area contributed by atoms with E-state index in [1.54, 1.807) is 62.4 Å². The molecule has 8 aromatic carbocycles. The highest BCUT2D eigenvalue weighted by Gasteiger charge is 2.39. The second-order valence-electron chi connectivity index (χ2n) is 24.1. The minimum Gasteiger partial charge on any atom is -0.490 e. The molecule has 0 fully saturated rings. The van der Waals surface area contributed by atoms with E-state index in [0.29, 0.717) is 52.1 Å². The van der Waals surface area contributed by atoms with Gasteiger partial charge in [-0.05, 0) is 157 Å². The minimum atomic E-state index is -4.78. The number of carbonyl (C=O) groups is 4. The second kappa shape index (κ2) is 36.6. The fourth-order valence-corrected chi connectivity index (χ4v) is 8.52. The first-order valence-electron chi connectivity index (χ1n) is 30.9. The third kappa shape index (κ3) is 25.5. The Kier molecular flexibility index (Phi) is 29.2. The van der Waals surface area contributed by atoms with Crippen LogP contribution in [-0.4, -0.2) is 92.9 Å². The summed E-state index contributed by atoms with van der Waals surface area (Å²) in [6.45, 7) is 35.2. The van der Waals surface area contributed by atoms with Gasteiger partial charge in [0.1, 0.15) is 61.1 Å². The fourth-order valence-electron chi connectivity index (χ4n) is 8.30. The summed E-state index contributed by atoms with van der Waals surface area (Å²) < 4.78 is 165. The Morgan fingerprint density at radius 1 is 0.407 bits per heavy atom. The van der Waals surface area contributed by atoms with E-state index >= 15 is 0 Å². The molecule has 0 saturated carbocycles. The number of nitriles is 1. The highest BCUT2D eigenvalue weighted by Crippen LogP contribution is 2.41. The van der Waals surface area contributed by atoms with Crippen LogP contribution in [0.4, 0.5) is 93.8 Å². The average molecular weight is 1530 g/mol. The predicted octanol–water partition coefficient (Wildman–Crippen LogP) is 16.8. The summed E-state index contributed by atoms with van der Waals surface area (Å²) in [6.07, 6.45) is -14.3. The van der Waals surface area contributed by atoms with Gasteiger partial charge >= 0.3 is 18.5 Å². The van der Waals surface area contributed by atoms with E-state index in [1.807, 2.05) is 13.0 Å². The van der Waals surface area contributed by atoms with E-state index < -0.39 is 130 Å². The number of halogens is 12. The molecule has 4 amide bonds. The Bertz CT molecular complexity index is 4650. The van der Waals surface area contributed by atoms with Gasteiger partial charge in [0.25, 0.3) is 23.6 Å². The SMILES string of the molecule is [C-]#[N+]c1ccc(NC(=O)[C@@](C)(O)COc2ccc(C#N)cc2)cc1Cl.[C-]#[N+]c1ccc(NC(=O)[C@@](C)(O)COc2ccc(C)c(F)c2)cc1C(F)(F)F.[C-]#[N+]c1ccc(NC(=O)[C@@](C)(O)COc2ccc(C)c(F)c2)cc1C(F)(F)F.[C-]#[N+]c1ccc(NC(=O)[C@@](C)(O)COc2ccc(C)cc2)cc1C(F)(F)F. The standard InChI is InChI=1S/2C19H16F4N2O3.C19H17F3N2O3.C18H14ClN3O3/c2*1-11-4-6-13(9-15(11)20)28-10-18(2,27)17(26)25-12-5-7-16(24-3)14(8-12)19(21,22)23;1-12-4-7-14(8-5-12)27-11-18(2,26)17(25)24-13-6-9-16(23-3)15(10-13)19(20,21)22;1-18(24,11-25-14-6-3-12(10-20)4-7-14)17(23)22-13-5-8-16(21-2)15(19)9-13/h2*4-9,27H,10H2,1-2H3,(H,25,26);4-10,26H,11H2,1-2H3,(H,24,25);3-9,24H,11H2,1H3,(H,22,23)/t4*18-/m0000/s1. The number of nitrogens with zero attached hydrogens (tertiary/aromatic N) is 5. The van der Waals surface area contributed by atoms with Crippen molar-refractivity contribution in [2.45, 2.75) is 89.4 Å². The summed E-state index contributed by atoms with van der Waals surface area (Å²) in [7, 11) is 0. The van der Waals surface area contributed by atoms with Crippen LogP contribution in [0.2, 0.25) is 5.02 Å². The Morgan fingerprint density at radius 2 is 0.667 bits per heavy atom. The summed E-state index contributed by atoms with van der Waals surface area (Å²) in [6, 6.07) is 35.7. The van der Waals surface area contributed by atoms with Crippen LogP contribution in [0.25, 0.3) is 19.4 Å². The Hall–Kier alpha value is -12.4. The quantitative estimate of drug-likeness (QED) is 0.0261. The summed E-state index contributed by atoms with van der Waals surface area (Å²) in [5.74, 6) is -3.68. The molecular formula is C75H63ClF11N9O12. The lowest BCUT2D eigenvalue weighted by molar-refractivity contribution is -0.137. The zero-order valence-electron chi connectivity index (χ0n) is 57.7. The summed E-state index contributed by atoms with van der Waals surface area (Å²) in [4.78, 5) is 60.6. The van der Waals surface area contributed by atoms with Crippen LogP contribution in [0, 0.1) is 70.0 Å². The molecule has 0 aliphatic carbocycles. The molecule has 0 unspecified atom stereocenters. The number of aliphatic hydroxyl groups is 4. The van der Waals surface area contributed by atoms with Gasteiger partial charge < -0.3 is 60.6 Å². The van der Waals surface area contributed by atoms with Gasteiger partial charge in [0, 0.05) is 39.9 Å². The van der Waals surface area contributed by atoms with Crippen molar-refractivity contribution in [3.05, 3.63) is 259 Å². The maximum atomic E-state index is 13.5. The van der Waals surface area contributed by atoms with E-state index in [9.17, 15) is 87.9 Å². The molecule has 0 heterocycles. The number of aryl methyl sites for hydroxylation is 3. The van der Waals surface area contributed by atoms with E-state index in [0.717, 1.165) is 67.9 Å². The van der Waals surface area contributed by atoms with Gasteiger partial charge in [-0.2, -0.15) is 44.8 Å². The van der Waals surface area contributed by atoms with E-state index in [2.05, 4.69) is 40.6 Å². The molecule has 21 nitrogen and oxygen atoms in total. The molecule has 0 radical (unpaired) electrons. The van der Waals surface area contributed by atoms with Crippen LogP contribution in [0.5, 0.6) is 23.0 Å². The second-order valence-corrected chi connectivity index (χ2v) is 24.5. The molecule has 564 valence electrons. The van der Waals surface area contributed by atoms with Crippen LogP contribution in [-0.2, 0) is 37.7 Å². The largest absolute Gasteiger partial charge is 0.490 e. The number of nitrogens with one attached hydrogen (secondary N) is 4. The van der Waals surface area contributed by atoms with E-state index in [1.165, 1.54) is 56.3 Å². The third-order valence-corrected chi connectivity index (χ3v) is 15.0. The van der Waals surface area contributed by atoms with Crippen LogP contribution in [0.3, 0.4) is 0 Å². The van der Waals surface area contributed by atoms with E-state index in [4.69, 9.17) is 62.1 Å². The summed E-state index contributed by atoms with van der Waals surface area (Å²) in [5, 5.41) is 59.1. The molecule has 0 bridgehead atoms. The van der Waals surface area contributed by atoms with Crippen LogP contribution < -0.4 is 40.2 Å². The summed E-state index contributed by atoms with van der Waals surface area (Å²) >= 11 is 5.92. The lowest BCUT2D eigenvalue weighted by Gasteiger charge is -2.23. The predicted molar refractivity (Wildman–Crippen MR) is 374 cm³/mol. The van der Waals surface area contributed by atoms with Gasteiger partial charge in [-0.3, -0.25) is 19.2 Å². The van der Waals surface area contributed by atoms with Crippen LogP contribution >= 0.6 is 11.6 Å². The minimum absolute atomic E-state index is 0.0805. The molecule has 8 N–H and O–H groups in total. The van der Waals surface area contributed by atoms with Gasteiger partial charge in [-0.1, -0.05) is 65.7 Å². The number of alkyl halides is 9. The highest BCUT2D eigenvalue weighted by molar-refractivity contribution is 6.33. The van der Waals surface area contributed by atoms with Crippen molar-refractivity contribution in [1.82, 2.24) is 0 Å². The van der Waals surface area contributed by atoms with Crippen molar-refractivity contribution < 1.29 is 107 Å². The van der Waals surface area contributed by atoms with Gasteiger partial charge in [-0.25, -0.2) is 28.2 Å². The number of ether oxygens (including phenoxy) is 4. The number of amides is 4. The summed E-state index contributed by atoms with van der Waals surface area (Å²) in [5.41, 5.74) is -11.1. The van der Waals surface area contributed by atoms with E-state index in [-0.39, 0.29) is 45.9 Å². The number of rotatable bonds is 20. The molecule has 33 heteroatoms. The zero-order chi connectivity index (χ0) is 80.9. The first kappa shape index (κ1) is 86.3. The highest BCUT2D eigenvalue weighted by atomic mass is 35.5. The van der Waals surface area contributed by atoms with Crippen molar-refractivity contribution in [1.29, 1.82) is 5.26 Å². The van der Waals surface area contributed by atoms with Crippen molar-refractivity contribution >= 4 is 80.7 Å². The zero-order valence-corrected chi connectivity index (χ0v) is 58.4. The lowest BCUT2D eigenvalue weighted by atomic mass is 10.1. The van der Waals surface area contributed by atoms with Gasteiger partial charge in [-0.15, -0.1) is 0 Å². The maximum absolute atomic E-state index is 13.5. The average Bonchev–Trinajstić information content (AvgIpc) is 0.820. The number of hydrogen-bond donors (Lipinski definition) is 8. The number of hydrogen-bond acceptors (Lipinski definition) is 13. The molecule has 8 rings (SSSR count). The molecule has 8 aromatic rings. The van der Waals surface area contributed by atoms with Crippen molar-refractivity contribution in [3.63, 3.8) is 0 Å². The first-order valence-corrected chi connectivity index (χ1v) is 31.3. The van der Waals surface area contributed by atoms with Crippen molar-refractivity contribution in [3.8, 4) is 29.1 Å². The Morgan fingerprint density at radius 3 is 0.926 bits per heavy atom. The molecule has 0 saturated heterocycles. The molecule has 0 aliphatic rings. The monoisotopic (exact) mass is 1530 g/mol. The van der Waals surface area contributed by atoms with Gasteiger partial charge in [0.15, 0.2) is 39.5 Å². The number of carbonyl (C=O) groups excluding carboxylic acids is 4. The van der Waals surface area contributed by atoms with Crippen molar-refractivity contribution in [2.75, 3.05) is 47.7 Å². The third-order valence-electron chi connectivity index (χ3n) is 14.7. The molecule has 0 spiro atoms. The smallest absolute Gasteiger partial charge is 0.407 e. The Labute approximate surface area is 615 Å². The van der Waals surface area contributed by atoms with Gasteiger partial charge in [0.05, 0.1) is 54.6 Å². The van der Waals surface area contributed by atoms with Crippen LogP contribution in [0.15, 0.2) is 158 Å². The number of anilines is 4.